The van der Waals surface area contributed by atoms with Crippen molar-refractivity contribution in [2.75, 3.05) is 4.90 Å². The van der Waals surface area contributed by atoms with Crippen LogP contribution in [0.25, 0.3) is 10.8 Å². The Hall–Kier alpha value is -3.77. The number of anilines is 1. The minimum absolute atomic E-state index is 0.000468. The summed E-state index contributed by atoms with van der Waals surface area (Å²) in [6, 6.07) is 26.6. The number of carbonyl (C=O) groups excluding carboxylic acids is 2. The Kier molecular flexibility index (Phi) is 5.29. The van der Waals surface area contributed by atoms with Gasteiger partial charge in [0.1, 0.15) is 0 Å². The van der Waals surface area contributed by atoms with E-state index in [1.165, 1.54) is 0 Å². The van der Waals surface area contributed by atoms with Crippen molar-refractivity contribution >= 4 is 50.4 Å². The second kappa shape index (κ2) is 8.40. The molecule has 4 aromatic rings. The zero-order chi connectivity index (χ0) is 22.1. The average molecular weight is 484 g/mol. The highest BCUT2D eigenvalue weighted by atomic mass is 79.9. The van der Waals surface area contributed by atoms with Crippen molar-refractivity contribution in [1.29, 1.82) is 0 Å². The van der Waals surface area contributed by atoms with E-state index < -0.39 is 0 Å². The Balaban J connectivity index is 1.28. The predicted octanol–water partition coefficient (Wildman–Crippen LogP) is 5.53. The Morgan fingerprint density at radius 1 is 0.969 bits per heavy atom. The molecule has 0 aromatic heterocycles. The van der Waals surface area contributed by atoms with Crippen molar-refractivity contribution in [3.63, 3.8) is 0 Å². The van der Waals surface area contributed by atoms with E-state index in [4.69, 9.17) is 0 Å². The van der Waals surface area contributed by atoms with Crippen molar-refractivity contribution in [3.05, 3.63) is 112 Å². The number of hydrogen-bond donors (Lipinski definition) is 1. The summed E-state index contributed by atoms with van der Waals surface area (Å²) >= 11 is 3.40. The fourth-order valence-corrected chi connectivity index (χ4v) is 4.31. The molecule has 32 heavy (non-hydrogen) atoms. The standard InChI is InChI=1S/C26H18BrN3O2/c27-21-7-1-4-18(14-21)15-28-29-25(31)20-12-10-17(11-13-20)16-30-23-9-3-6-19-5-2-8-22(24(19)23)26(30)32/h1-15H,16H2,(H,29,31). The number of rotatable bonds is 5. The van der Waals surface area contributed by atoms with Crippen LogP contribution in [0.1, 0.15) is 31.8 Å². The third-order valence-corrected chi connectivity index (χ3v) is 5.93. The molecular weight excluding hydrogens is 466 g/mol. The van der Waals surface area contributed by atoms with Gasteiger partial charge in [-0.15, -0.1) is 0 Å². The molecule has 2 amide bonds. The maximum absolute atomic E-state index is 13.0. The van der Waals surface area contributed by atoms with Crippen molar-refractivity contribution in [3.8, 4) is 0 Å². The number of amides is 2. The molecule has 0 aliphatic carbocycles. The molecule has 5 rings (SSSR count). The first kappa shape index (κ1) is 20.2. The first-order chi connectivity index (χ1) is 15.6. The molecule has 1 aliphatic heterocycles. The highest BCUT2D eigenvalue weighted by Gasteiger charge is 2.29. The van der Waals surface area contributed by atoms with Crippen LogP contribution in [0.2, 0.25) is 0 Å². The number of hydrogen-bond acceptors (Lipinski definition) is 3. The SMILES string of the molecule is O=C(NN=Cc1cccc(Br)c1)c1ccc(CN2C(=O)c3cccc4cccc2c34)cc1. The molecule has 0 saturated heterocycles. The highest BCUT2D eigenvalue weighted by Crippen LogP contribution is 2.37. The number of carbonyl (C=O) groups is 2. The molecule has 1 heterocycles. The van der Waals surface area contributed by atoms with Gasteiger partial charge in [0, 0.05) is 21.0 Å². The molecule has 156 valence electrons. The van der Waals surface area contributed by atoms with Gasteiger partial charge in [-0.05, 0) is 52.9 Å². The van der Waals surface area contributed by atoms with E-state index in [0.717, 1.165) is 37.6 Å². The first-order valence-electron chi connectivity index (χ1n) is 10.1. The lowest BCUT2D eigenvalue weighted by atomic mass is 10.1. The van der Waals surface area contributed by atoms with Crippen LogP contribution in [0.5, 0.6) is 0 Å². The van der Waals surface area contributed by atoms with Crippen LogP contribution < -0.4 is 10.3 Å². The summed E-state index contributed by atoms with van der Waals surface area (Å²) < 4.78 is 0.944. The predicted molar refractivity (Wildman–Crippen MR) is 130 cm³/mol. The Bertz CT molecular complexity index is 1370. The fraction of sp³-hybridized carbons (Fsp3) is 0.0385. The largest absolute Gasteiger partial charge is 0.303 e. The molecule has 0 unspecified atom stereocenters. The molecule has 6 heteroatoms. The summed E-state index contributed by atoms with van der Waals surface area (Å²) in [5, 5.41) is 6.08. The second-order valence-electron chi connectivity index (χ2n) is 7.52. The van der Waals surface area contributed by atoms with E-state index in [9.17, 15) is 9.59 Å². The topological polar surface area (TPSA) is 61.8 Å². The second-order valence-corrected chi connectivity index (χ2v) is 8.44. The Labute approximate surface area is 193 Å². The van der Waals surface area contributed by atoms with E-state index in [0.29, 0.717) is 12.1 Å². The van der Waals surface area contributed by atoms with Crippen molar-refractivity contribution in [2.45, 2.75) is 6.54 Å². The van der Waals surface area contributed by atoms with Crippen LogP contribution in [-0.4, -0.2) is 18.0 Å². The molecular formula is C26H18BrN3O2. The molecule has 5 nitrogen and oxygen atoms in total. The van der Waals surface area contributed by atoms with Crippen molar-refractivity contribution < 1.29 is 9.59 Å². The van der Waals surface area contributed by atoms with Gasteiger partial charge in [0.25, 0.3) is 11.8 Å². The van der Waals surface area contributed by atoms with Gasteiger partial charge in [-0.1, -0.05) is 64.5 Å². The molecule has 0 atom stereocenters. The van der Waals surface area contributed by atoms with Crippen molar-refractivity contribution in [2.24, 2.45) is 5.10 Å². The number of benzene rings is 4. The lowest BCUT2D eigenvalue weighted by molar-refractivity contribution is 0.0953. The van der Waals surface area contributed by atoms with Crippen LogP contribution in [-0.2, 0) is 6.54 Å². The average Bonchev–Trinajstić information content (AvgIpc) is 3.08. The Morgan fingerprint density at radius 3 is 2.50 bits per heavy atom. The fourth-order valence-electron chi connectivity index (χ4n) is 3.90. The van der Waals surface area contributed by atoms with Gasteiger partial charge < -0.3 is 4.90 Å². The van der Waals surface area contributed by atoms with Gasteiger partial charge in [-0.25, -0.2) is 5.43 Å². The summed E-state index contributed by atoms with van der Waals surface area (Å²) in [4.78, 5) is 27.1. The minimum Gasteiger partial charge on any atom is -0.303 e. The van der Waals surface area contributed by atoms with E-state index in [1.807, 2.05) is 72.8 Å². The van der Waals surface area contributed by atoms with Gasteiger partial charge in [0.15, 0.2) is 0 Å². The third-order valence-electron chi connectivity index (χ3n) is 5.43. The molecule has 0 spiro atoms. The number of halogens is 1. The monoisotopic (exact) mass is 483 g/mol. The molecule has 0 bridgehead atoms. The van der Waals surface area contributed by atoms with Crippen LogP contribution >= 0.6 is 15.9 Å². The highest BCUT2D eigenvalue weighted by molar-refractivity contribution is 9.10. The van der Waals surface area contributed by atoms with Crippen LogP contribution in [0.15, 0.2) is 94.5 Å². The quantitative estimate of drug-likeness (QED) is 0.299. The zero-order valence-electron chi connectivity index (χ0n) is 17.0. The molecule has 1 aliphatic rings. The van der Waals surface area contributed by atoms with Gasteiger partial charge in [0.05, 0.1) is 18.4 Å². The van der Waals surface area contributed by atoms with Crippen LogP contribution in [0.4, 0.5) is 5.69 Å². The Morgan fingerprint density at radius 2 is 1.72 bits per heavy atom. The molecule has 1 N–H and O–H groups in total. The molecule has 0 radical (unpaired) electrons. The minimum atomic E-state index is -0.294. The maximum atomic E-state index is 13.0. The van der Waals surface area contributed by atoms with Crippen molar-refractivity contribution in [1.82, 2.24) is 5.43 Å². The summed E-state index contributed by atoms with van der Waals surface area (Å²) in [5.74, 6) is -0.294. The van der Waals surface area contributed by atoms with Gasteiger partial charge in [-0.3, -0.25) is 9.59 Å². The third kappa shape index (κ3) is 3.81. The van der Waals surface area contributed by atoms with E-state index >= 15 is 0 Å². The summed E-state index contributed by atoms with van der Waals surface area (Å²) in [6.45, 7) is 0.440. The molecule has 0 saturated carbocycles. The smallest absolute Gasteiger partial charge is 0.271 e. The number of nitrogens with one attached hydrogen (secondary N) is 1. The zero-order valence-corrected chi connectivity index (χ0v) is 18.5. The molecule has 4 aromatic carbocycles. The summed E-state index contributed by atoms with van der Waals surface area (Å²) in [7, 11) is 0. The molecule has 0 fully saturated rings. The van der Waals surface area contributed by atoms with Gasteiger partial charge >= 0.3 is 0 Å². The van der Waals surface area contributed by atoms with Crippen LogP contribution in [0, 0.1) is 0 Å². The summed E-state index contributed by atoms with van der Waals surface area (Å²) in [6.07, 6.45) is 1.59. The number of hydrazone groups is 1. The normalized spacial score (nSPS) is 12.7. The lowest BCUT2D eigenvalue weighted by Gasteiger charge is -2.18. The van der Waals surface area contributed by atoms with E-state index in [-0.39, 0.29) is 11.8 Å². The lowest BCUT2D eigenvalue weighted by Crippen LogP contribution is -2.26. The van der Waals surface area contributed by atoms with Crippen LogP contribution in [0.3, 0.4) is 0 Å². The first-order valence-corrected chi connectivity index (χ1v) is 10.9. The van der Waals surface area contributed by atoms with E-state index in [1.54, 1.807) is 23.2 Å². The van der Waals surface area contributed by atoms with E-state index in [2.05, 4.69) is 26.5 Å². The maximum Gasteiger partial charge on any atom is 0.271 e. The van der Waals surface area contributed by atoms with Gasteiger partial charge in [0.2, 0.25) is 0 Å². The number of nitrogens with zero attached hydrogens (tertiary/aromatic N) is 2. The summed E-state index contributed by atoms with van der Waals surface area (Å²) in [5.41, 5.74) is 6.52. The van der Waals surface area contributed by atoms with Gasteiger partial charge in [-0.2, -0.15) is 5.10 Å².